The molecule has 2 N–H and O–H groups in total. The molecule has 0 aliphatic rings. The first kappa shape index (κ1) is 23.8. The summed E-state index contributed by atoms with van der Waals surface area (Å²) in [7, 11) is 0. The van der Waals surface area contributed by atoms with Crippen molar-refractivity contribution < 1.29 is 14.6 Å². The molecule has 0 aliphatic heterocycles. The topological polar surface area (TPSA) is 128 Å². The average molecular weight is 472 g/mol. The summed E-state index contributed by atoms with van der Waals surface area (Å²) in [6.07, 6.45) is 3.76. The van der Waals surface area contributed by atoms with E-state index in [0.717, 1.165) is 10.9 Å². The Morgan fingerprint density at radius 2 is 1.94 bits per heavy atom. The molecule has 0 fully saturated rings. The minimum atomic E-state index is -0.612. The van der Waals surface area contributed by atoms with Gasteiger partial charge in [0.2, 0.25) is 5.95 Å². The SMILES string of the molecule is C[C@H](O)CNc1nccc(-c2nccc(C#Cc3ccc4c(cnn4C(=O)OC(C)(C)C)c3)n2)n1. The second-order valence-electron chi connectivity index (χ2n) is 8.82. The molecule has 0 spiro atoms. The molecule has 0 radical (unpaired) electrons. The van der Waals surface area contributed by atoms with Crippen molar-refractivity contribution in [3.63, 3.8) is 0 Å². The van der Waals surface area contributed by atoms with Crippen LogP contribution in [0.1, 0.15) is 39.0 Å². The van der Waals surface area contributed by atoms with Gasteiger partial charge in [0, 0.05) is 29.9 Å². The third-order valence-corrected chi connectivity index (χ3v) is 4.57. The van der Waals surface area contributed by atoms with E-state index in [4.69, 9.17) is 4.74 Å². The quantitative estimate of drug-likeness (QED) is 0.431. The summed E-state index contributed by atoms with van der Waals surface area (Å²) in [6, 6.07) is 8.86. The minimum absolute atomic E-state index is 0.330. The number of nitrogens with one attached hydrogen (secondary N) is 1. The number of ether oxygens (including phenoxy) is 1. The van der Waals surface area contributed by atoms with E-state index < -0.39 is 17.8 Å². The largest absolute Gasteiger partial charge is 0.442 e. The van der Waals surface area contributed by atoms with Gasteiger partial charge < -0.3 is 15.2 Å². The Morgan fingerprint density at radius 1 is 1.14 bits per heavy atom. The van der Waals surface area contributed by atoms with Crippen LogP contribution in [-0.2, 0) is 4.74 Å². The molecule has 1 atom stereocenters. The number of benzene rings is 1. The Morgan fingerprint density at radius 3 is 2.71 bits per heavy atom. The lowest BCUT2D eigenvalue weighted by molar-refractivity contribution is 0.0522. The highest BCUT2D eigenvalue weighted by atomic mass is 16.6. The Balaban J connectivity index is 1.54. The lowest BCUT2D eigenvalue weighted by atomic mass is 10.1. The number of hydrogen-bond acceptors (Lipinski definition) is 9. The summed E-state index contributed by atoms with van der Waals surface area (Å²) in [5.74, 6) is 6.91. The van der Waals surface area contributed by atoms with Crippen LogP contribution in [0.2, 0.25) is 0 Å². The van der Waals surface area contributed by atoms with E-state index in [-0.39, 0.29) is 0 Å². The van der Waals surface area contributed by atoms with Crippen LogP contribution in [0, 0.1) is 11.8 Å². The van der Waals surface area contributed by atoms with Crippen molar-refractivity contribution in [3.8, 4) is 23.4 Å². The maximum absolute atomic E-state index is 12.4. The number of aliphatic hydroxyl groups excluding tert-OH is 1. The van der Waals surface area contributed by atoms with Crippen molar-refractivity contribution in [3.05, 3.63) is 60.2 Å². The Labute approximate surface area is 202 Å². The standard InChI is InChI=1S/C25H25N7O3/c1-16(33)14-28-23-27-12-10-20(31-23)22-26-11-9-19(30-22)7-5-17-6-8-21-18(13-17)15-29-32(21)24(34)35-25(2,3)4/h6,8-13,15-16,33H,14H2,1-4H3,(H,27,28,31)/t16-/m0/s1. The van der Waals surface area contributed by atoms with Gasteiger partial charge in [-0.3, -0.25) is 0 Å². The van der Waals surface area contributed by atoms with Gasteiger partial charge >= 0.3 is 6.09 Å². The van der Waals surface area contributed by atoms with E-state index in [2.05, 4.69) is 42.2 Å². The summed E-state index contributed by atoms with van der Waals surface area (Å²) in [6.45, 7) is 7.42. The predicted molar refractivity (Wildman–Crippen MR) is 131 cm³/mol. The summed E-state index contributed by atoms with van der Waals surface area (Å²) in [5, 5.41) is 17.3. The van der Waals surface area contributed by atoms with E-state index in [9.17, 15) is 9.90 Å². The third-order valence-electron chi connectivity index (χ3n) is 4.57. The zero-order valence-electron chi connectivity index (χ0n) is 19.9. The second kappa shape index (κ2) is 9.87. The van der Waals surface area contributed by atoms with Gasteiger partial charge in [-0.15, -0.1) is 0 Å². The third kappa shape index (κ3) is 6.16. The molecule has 4 rings (SSSR count). The molecule has 3 aromatic heterocycles. The van der Waals surface area contributed by atoms with Crippen LogP contribution in [0.4, 0.5) is 10.7 Å². The molecule has 1 aromatic carbocycles. The molecule has 0 unspecified atom stereocenters. The van der Waals surface area contributed by atoms with Crippen molar-refractivity contribution in [2.45, 2.75) is 39.4 Å². The fourth-order valence-electron chi connectivity index (χ4n) is 3.06. The van der Waals surface area contributed by atoms with Crippen LogP contribution >= 0.6 is 0 Å². The number of carbonyl (C=O) groups is 1. The van der Waals surface area contributed by atoms with Gasteiger partial charge in [0.05, 0.1) is 17.8 Å². The molecule has 0 aliphatic carbocycles. The smallest absolute Gasteiger partial charge is 0.435 e. The fraction of sp³-hybridized carbons (Fsp3) is 0.280. The van der Waals surface area contributed by atoms with Crippen molar-refractivity contribution in [2.75, 3.05) is 11.9 Å². The molecular weight excluding hydrogens is 446 g/mol. The molecular formula is C25H25N7O3. The van der Waals surface area contributed by atoms with Gasteiger partial charge in [0.1, 0.15) is 17.0 Å². The van der Waals surface area contributed by atoms with Crippen LogP contribution in [0.5, 0.6) is 0 Å². The summed E-state index contributed by atoms with van der Waals surface area (Å²) in [4.78, 5) is 29.7. The molecule has 3 heterocycles. The first-order valence-electron chi connectivity index (χ1n) is 11.0. The van der Waals surface area contributed by atoms with E-state index in [1.807, 2.05) is 12.1 Å². The Bertz CT molecular complexity index is 1430. The Kier molecular flexibility index (Phi) is 6.71. The molecule has 178 valence electrons. The number of hydrogen-bond donors (Lipinski definition) is 2. The van der Waals surface area contributed by atoms with Gasteiger partial charge in [0.25, 0.3) is 0 Å². The van der Waals surface area contributed by atoms with Gasteiger partial charge in [-0.25, -0.2) is 24.7 Å². The molecule has 0 saturated carbocycles. The summed E-state index contributed by atoms with van der Waals surface area (Å²) in [5.41, 5.74) is 1.83. The number of fused-ring (bicyclic) bond motifs is 1. The van der Waals surface area contributed by atoms with E-state index in [1.165, 1.54) is 4.68 Å². The fourth-order valence-corrected chi connectivity index (χ4v) is 3.06. The average Bonchev–Trinajstić information content (AvgIpc) is 3.24. The molecule has 0 bridgehead atoms. The highest BCUT2D eigenvalue weighted by molar-refractivity contribution is 5.88. The number of rotatable bonds is 4. The van der Waals surface area contributed by atoms with Crippen molar-refractivity contribution in [2.24, 2.45) is 0 Å². The number of aromatic nitrogens is 6. The van der Waals surface area contributed by atoms with E-state index in [0.29, 0.717) is 35.2 Å². The monoisotopic (exact) mass is 471 g/mol. The number of nitrogens with zero attached hydrogens (tertiary/aromatic N) is 6. The molecule has 0 amide bonds. The lowest BCUT2D eigenvalue weighted by Gasteiger charge is -2.19. The maximum atomic E-state index is 12.4. The Hall–Kier alpha value is -4.36. The van der Waals surface area contributed by atoms with Crippen LogP contribution < -0.4 is 5.32 Å². The number of anilines is 1. The summed E-state index contributed by atoms with van der Waals surface area (Å²) >= 11 is 0. The van der Waals surface area contributed by atoms with Crippen LogP contribution in [-0.4, -0.2) is 59.2 Å². The molecule has 35 heavy (non-hydrogen) atoms. The van der Waals surface area contributed by atoms with Crippen LogP contribution in [0.15, 0.2) is 48.9 Å². The van der Waals surface area contributed by atoms with Crippen molar-refractivity contribution in [1.82, 2.24) is 29.7 Å². The highest BCUT2D eigenvalue weighted by Crippen LogP contribution is 2.18. The first-order chi connectivity index (χ1) is 16.7. The van der Waals surface area contributed by atoms with Crippen molar-refractivity contribution in [1.29, 1.82) is 0 Å². The number of aliphatic hydroxyl groups is 1. The lowest BCUT2D eigenvalue weighted by Crippen LogP contribution is -2.27. The van der Waals surface area contributed by atoms with Gasteiger partial charge in [0.15, 0.2) is 5.82 Å². The van der Waals surface area contributed by atoms with E-state index in [1.54, 1.807) is 64.5 Å². The van der Waals surface area contributed by atoms with Gasteiger partial charge in [-0.05, 0) is 63.9 Å². The zero-order chi connectivity index (χ0) is 25.0. The summed E-state index contributed by atoms with van der Waals surface area (Å²) < 4.78 is 6.64. The predicted octanol–water partition coefficient (Wildman–Crippen LogP) is 3.26. The minimum Gasteiger partial charge on any atom is -0.442 e. The normalized spacial score (nSPS) is 12.0. The molecule has 4 aromatic rings. The zero-order valence-corrected chi connectivity index (χ0v) is 19.9. The van der Waals surface area contributed by atoms with Gasteiger partial charge in [-0.1, -0.05) is 5.92 Å². The van der Waals surface area contributed by atoms with E-state index >= 15 is 0 Å². The van der Waals surface area contributed by atoms with Crippen molar-refractivity contribution >= 4 is 22.9 Å². The molecule has 10 nitrogen and oxygen atoms in total. The number of carbonyl (C=O) groups excluding carboxylic acids is 1. The van der Waals surface area contributed by atoms with Crippen LogP contribution in [0.25, 0.3) is 22.4 Å². The molecule has 10 heteroatoms. The highest BCUT2D eigenvalue weighted by Gasteiger charge is 2.20. The van der Waals surface area contributed by atoms with Crippen LogP contribution in [0.3, 0.4) is 0 Å². The molecule has 0 saturated heterocycles. The first-order valence-corrected chi connectivity index (χ1v) is 11.0. The van der Waals surface area contributed by atoms with Gasteiger partial charge in [-0.2, -0.15) is 9.78 Å². The second-order valence-corrected chi connectivity index (χ2v) is 8.82. The maximum Gasteiger partial charge on any atom is 0.435 e.